The van der Waals surface area contributed by atoms with Gasteiger partial charge in [0.15, 0.2) is 0 Å². The Labute approximate surface area is 126 Å². The molecule has 1 aromatic rings. The van der Waals surface area contributed by atoms with Crippen molar-refractivity contribution in [1.82, 2.24) is 0 Å². The zero-order valence-corrected chi connectivity index (χ0v) is 13.1. The van der Waals surface area contributed by atoms with E-state index >= 15 is 0 Å². The van der Waals surface area contributed by atoms with E-state index in [9.17, 15) is 9.59 Å². The normalized spacial score (nSPS) is 22.6. The van der Waals surface area contributed by atoms with Crippen molar-refractivity contribution in [3.05, 3.63) is 35.4 Å². The van der Waals surface area contributed by atoms with Crippen LogP contribution in [0, 0.1) is 5.92 Å². The van der Waals surface area contributed by atoms with E-state index in [0.717, 1.165) is 37.5 Å². The van der Waals surface area contributed by atoms with Gasteiger partial charge in [-0.05, 0) is 45.1 Å². The van der Waals surface area contributed by atoms with Gasteiger partial charge in [-0.1, -0.05) is 37.1 Å². The van der Waals surface area contributed by atoms with Gasteiger partial charge in [-0.2, -0.15) is 0 Å². The number of hydrogen-bond donors (Lipinski definition) is 0. The molecule has 1 aromatic carbocycles. The molecule has 3 nitrogen and oxygen atoms in total. The minimum Gasteiger partial charge on any atom is -0.460 e. The van der Waals surface area contributed by atoms with Gasteiger partial charge < -0.3 is 4.74 Å². The number of hydrogen-bond acceptors (Lipinski definition) is 3. The van der Waals surface area contributed by atoms with Crippen LogP contribution >= 0.6 is 0 Å². The molecule has 2 rings (SSSR count). The summed E-state index contributed by atoms with van der Waals surface area (Å²) in [7, 11) is 0. The predicted molar refractivity (Wildman–Crippen MR) is 82.4 cm³/mol. The summed E-state index contributed by atoms with van der Waals surface area (Å²) in [6.45, 7) is 5.71. The molecule has 0 saturated heterocycles. The van der Waals surface area contributed by atoms with Crippen LogP contribution in [0.5, 0.6) is 0 Å². The van der Waals surface area contributed by atoms with Gasteiger partial charge in [0.1, 0.15) is 11.9 Å². The Kier molecular flexibility index (Phi) is 4.81. The Morgan fingerprint density at radius 2 is 1.76 bits per heavy atom. The van der Waals surface area contributed by atoms with Crippen LogP contribution in [0.25, 0.3) is 0 Å². The van der Waals surface area contributed by atoms with Crippen LogP contribution in [0.2, 0.25) is 0 Å². The second-order valence-electron chi connectivity index (χ2n) is 6.82. The van der Waals surface area contributed by atoms with Crippen molar-refractivity contribution in [2.45, 2.75) is 58.0 Å². The third-order valence-corrected chi connectivity index (χ3v) is 3.98. The fourth-order valence-corrected chi connectivity index (χ4v) is 3.01. The molecule has 1 saturated carbocycles. The molecular weight excluding hydrogens is 264 g/mol. The summed E-state index contributed by atoms with van der Waals surface area (Å²) in [4.78, 5) is 23.2. The van der Waals surface area contributed by atoms with E-state index in [2.05, 4.69) is 0 Å². The Morgan fingerprint density at radius 3 is 2.33 bits per heavy atom. The first-order chi connectivity index (χ1) is 9.90. The van der Waals surface area contributed by atoms with Crippen LogP contribution in [-0.4, -0.2) is 17.9 Å². The number of aldehydes is 1. The maximum atomic E-state index is 12.4. The summed E-state index contributed by atoms with van der Waals surface area (Å²) in [6.07, 6.45) is 4.95. The largest absolute Gasteiger partial charge is 0.460 e. The second kappa shape index (κ2) is 6.42. The van der Waals surface area contributed by atoms with Gasteiger partial charge in [-0.3, -0.25) is 9.59 Å². The van der Waals surface area contributed by atoms with Crippen LogP contribution in [0.15, 0.2) is 24.3 Å². The Balaban J connectivity index is 2.18. The molecule has 0 bridgehead atoms. The van der Waals surface area contributed by atoms with Crippen molar-refractivity contribution < 1.29 is 14.3 Å². The smallest absolute Gasteiger partial charge is 0.310 e. The molecule has 1 aliphatic carbocycles. The lowest BCUT2D eigenvalue weighted by Crippen LogP contribution is -2.33. The van der Waals surface area contributed by atoms with Crippen molar-refractivity contribution in [3.63, 3.8) is 0 Å². The fraction of sp³-hybridized carbons (Fsp3) is 0.556. The van der Waals surface area contributed by atoms with Crippen LogP contribution in [0.4, 0.5) is 0 Å². The summed E-state index contributed by atoms with van der Waals surface area (Å²) in [6, 6.07) is 7.58. The third-order valence-electron chi connectivity index (χ3n) is 3.98. The van der Waals surface area contributed by atoms with E-state index < -0.39 is 5.60 Å². The van der Waals surface area contributed by atoms with Gasteiger partial charge in [-0.25, -0.2) is 0 Å². The molecule has 0 heterocycles. The van der Waals surface area contributed by atoms with E-state index in [0.29, 0.717) is 5.56 Å². The van der Waals surface area contributed by atoms with Crippen molar-refractivity contribution >= 4 is 12.3 Å². The lowest BCUT2D eigenvalue weighted by atomic mass is 9.75. The highest BCUT2D eigenvalue weighted by atomic mass is 16.6. The highest BCUT2D eigenvalue weighted by Gasteiger charge is 2.34. The number of carbonyl (C=O) groups is 2. The van der Waals surface area contributed by atoms with Gasteiger partial charge in [0.25, 0.3) is 0 Å². The minimum absolute atomic E-state index is 0.0694. The van der Waals surface area contributed by atoms with Crippen molar-refractivity contribution in [3.8, 4) is 0 Å². The van der Waals surface area contributed by atoms with Crippen molar-refractivity contribution in [2.75, 3.05) is 0 Å². The molecule has 0 N–H and O–H groups in total. The summed E-state index contributed by atoms with van der Waals surface area (Å²) in [5.74, 6) is 0.0426. The molecule has 0 amide bonds. The quantitative estimate of drug-likeness (QED) is 0.621. The molecule has 1 aliphatic rings. The van der Waals surface area contributed by atoms with Gasteiger partial charge >= 0.3 is 5.97 Å². The SMILES string of the molecule is CC(C)(C)OC(=O)[C@H]1CCCC[C@H]1c1ccc(C=O)cc1. The van der Waals surface area contributed by atoms with Gasteiger partial charge in [0, 0.05) is 5.56 Å². The molecule has 1 fully saturated rings. The van der Waals surface area contributed by atoms with Crippen molar-refractivity contribution in [1.29, 1.82) is 0 Å². The van der Waals surface area contributed by atoms with Crippen LogP contribution in [-0.2, 0) is 9.53 Å². The van der Waals surface area contributed by atoms with E-state index in [4.69, 9.17) is 4.74 Å². The molecule has 0 unspecified atom stereocenters. The second-order valence-corrected chi connectivity index (χ2v) is 6.82. The number of benzene rings is 1. The van der Waals surface area contributed by atoms with Crippen molar-refractivity contribution in [2.24, 2.45) is 5.92 Å². The summed E-state index contributed by atoms with van der Waals surface area (Å²) >= 11 is 0. The molecule has 21 heavy (non-hydrogen) atoms. The lowest BCUT2D eigenvalue weighted by Gasteiger charge is -2.32. The molecule has 0 aliphatic heterocycles. The lowest BCUT2D eigenvalue weighted by molar-refractivity contribution is -0.161. The van der Waals surface area contributed by atoms with Crippen LogP contribution in [0.3, 0.4) is 0 Å². The van der Waals surface area contributed by atoms with Gasteiger partial charge in [-0.15, -0.1) is 0 Å². The topological polar surface area (TPSA) is 43.4 Å². The maximum Gasteiger partial charge on any atom is 0.310 e. The Hall–Kier alpha value is -1.64. The predicted octanol–water partition coefficient (Wildman–Crippen LogP) is 4.11. The standard InChI is InChI=1S/C18H24O3/c1-18(2,3)21-17(20)16-7-5-4-6-15(16)14-10-8-13(12-19)9-11-14/h8-12,15-16H,4-7H2,1-3H3/t15-,16-/m0/s1. The average molecular weight is 288 g/mol. The number of ether oxygens (including phenoxy) is 1. The third kappa shape index (κ3) is 4.16. The molecule has 0 aromatic heterocycles. The zero-order chi connectivity index (χ0) is 15.5. The molecule has 3 heteroatoms. The van der Waals surface area contributed by atoms with Gasteiger partial charge in [0.05, 0.1) is 5.92 Å². The van der Waals surface area contributed by atoms with E-state index in [1.807, 2.05) is 45.0 Å². The zero-order valence-electron chi connectivity index (χ0n) is 13.1. The van der Waals surface area contributed by atoms with Gasteiger partial charge in [0.2, 0.25) is 0 Å². The molecule has 114 valence electrons. The van der Waals surface area contributed by atoms with Crippen LogP contribution < -0.4 is 0 Å². The maximum absolute atomic E-state index is 12.4. The number of esters is 1. The fourth-order valence-electron chi connectivity index (χ4n) is 3.01. The molecule has 2 atom stereocenters. The Bertz CT molecular complexity index is 496. The van der Waals surface area contributed by atoms with Crippen LogP contribution in [0.1, 0.15) is 68.3 Å². The average Bonchev–Trinajstić information content (AvgIpc) is 2.45. The number of carbonyl (C=O) groups excluding carboxylic acids is 2. The highest BCUT2D eigenvalue weighted by molar-refractivity contribution is 5.76. The number of rotatable bonds is 3. The summed E-state index contributed by atoms with van der Waals surface area (Å²) in [5.41, 5.74) is 1.36. The first kappa shape index (κ1) is 15.7. The molecular formula is C18H24O3. The van der Waals surface area contributed by atoms with E-state index in [-0.39, 0.29) is 17.8 Å². The first-order valence-corrected chi connectivity index (χ1v) is 7.69. The minimum atomic E-state index is -0.444. The summed E-state index contributed by atoms with van der Waals surface area (Å²) < 4.78 is 5.58. The van der Waals surface area contributed by atoms with E-state index in [1.165, 1.54) is 0 Å². The highest BCUT2D eigenvalue weighted by Crippen LogP contribution is 2.39. The first-order valence-electron chi connectivity index (χ1n) is 7.69. The monoisotopic (exact) mass is 288 g/mol. The summed E-state index contributed by atoms with van der Waals surface area (Å²) in [5, 5.41) is 0. The molecule has 0 radical (unpaired) electrons. The van der Waals surface area contributed by atoms with E-state index in [1.54, 1.807) is 0 Å². The molecule has 0 spiro atoms. The Morgan fingerprint density at radius 1 is 1.14 bits per heavy atom.